The van der Waals surface area contributed by atoms with E-state index in [1.807, 2.05) is 24.3 Å². The molecule has 1 aliphatic heterocycles. The molecule has 0 saturated heterocycles. The lowest BCUT2D eigenvalue weighted by Gasteiger charge is -2.34. The molecule has 1 N–H and O–H groups in total. The Balaban J connectivity index is 1.47. The van der Waals surface area contributed by atoms with Crippen molar-refractivity contribution in [1.82, 2.24) is 9.29 Å². The highest BCUT2D eigenvalue weighted by Crippen LogP contribution is 2.42. The summed E-state index contributed by atoms with van der Waals surface area (Å²) in [5.74, 6) is -1.09. The molecule has 2 aliphatic rings. The van der Waals surface area contributed by atoms with E-state index in [-0.39, 0.29) is 24.7 Å². The number of methoxy groups -OCH3 is 1. The van der Waals surface area contributed by atoms with Crippen LogP contribution in [0.5, 0.6) is 0 Å². The number of nitrogens with one attached hydrogen (secondary N) is 1. The van der Waals surface area contributed by atoms with Gasteiger partial charge in [-0.05, 0) is 36.1 Å². The van der Waals surface area contributed by atoms with Crippen LogP contribution in [0.25, 0.3) is 10.8 Å². The van der Waals surface area contributed by atoms with Gasteiger partial charge in [0.2, 0.25) is 15.9 Å². The van der Waals surface area contributed by atoms with Gasteiger partial charge < -0.3 is 10.1 Å². The topological polar surface area (TPSA) is 88.6 Å². The van der Waals surface area contributed by atoms with Gasteiger partial charge in [0.25, 0.3) is 0 Å². The Kier molecular flexibility index (Phi) is 5.64. The molecule has 1 aliphatic carbocycles. The summed E-state index contributed by atoms with van der Waals surface area (Å²) in [6, 6.07) is 12.9. The Hall–Kier alpha value is -2.52. The zero-order valence-electron chi connectivity index (χ0n) is 18.1. The highest BCUT2D eigenvalue weighted by Gasteiger charge is 2.49. The Morgan fingerprint density at radius 2 is 2.03 bits per heavy atom. The average molecular weight is 486 g/mol. The summed E-state index contributed by atoms with van der Waals surface area (Å²) in [7, 11) is -2.09. The van der Waals surface area contributed by atoms with Gasteiger partial charge in [-0.25, -0.2) is 8.42 Å². The summed E-state index contributed by atoms with van der Waals surface area (Å²) >= 11 is 6.24. The highest BCUT2D eigenvalue weighted by atomic mass is 35.5. The van der Waals surface area contributed by atoms with E-state index < -0.39 is 21.5 Å². The summed E-state index contributed by atoms with van der Waals surface area (Å²) in [4.78, 5) is 17.7. The molecule has 0 unspecified atom stereocenters. The minimum Gasteiger partial charge on any atom is -0.377 e. The number of pyridine rings is 1. The molecule has 5 rings (SSSR count). The first kappa shape index (κ1) is 22.3. The Morgan fingerprint density at radius 3 is 2.79 bits per heavy atom. The van der Waals surface area contributed by atoms with Crippen molar-refractivity contribution in [2.75, 3.05) is 24.7 Å². The third kappa shape index (κ3) is 4.36. The van der Waals surface area contributed by atoms with Crippen LogP contribution >= 0.6 is 11.6 Å². The van der Waals surface area contributed by atoms with Gasteiger partial charge in [0, 0.05) is 42.2 Å². The summed E-state index contributed by atoms with van der Waals surface area (Å²) in [6.07, 6.45) is 4.78. The van der Waals surface area contributed by atoms with E-state index in [0.717, 1.165) is 34.7 Å². The minimum atomic E-state index is -3.63. The number of fused-ring (bicyclic) bond motifs is 2. The first-order valence-corrected chi connectivity index (χ1v) is 12.7. The number of aromatic nitrogens is 1. The second kappa shape index (κ2) is 8.36. The molecule has 1 saturated carbocycles. The molecule has 7 nitrogen and oxygen atoms in total. The monoisotopic (exact) mass is 485 g/mol. The Labute approximate surface area is 197 Å². The normalized spacial score (nSPS) is 19.8. The van der Waals surface area contributed by atoms with E-state index in [9.17, 15) is 13.2 Å². The molecule has 1 fully saturated rings. The number of sulfonamides is 1. The van der Waals surface area contributed by atoms with E-state index in [4.69, 9.17) is 16.3 Å². The predicted molar refractivity (Wildman–Crippen MR) is 128 cm³/mol. The van der Waals surface area contributed by atoms with Crippen molar-refractivity contribution in [2.24, 2.45) is 0 Å². The molecule has 3 aromatic rings. The molecule has 0 spiro atoms. The third-order valence-corrected chi connectivity index (χ3v) is 8.73. The number of halogens is 1. The van der Waals surface area contributed by atoms with Crippen LogP contribution in [0.15, 0.2) is 54.9 Å². The van der Waals surface area contributed by atoms with Crippen LogP contribution in [0, 0.1) is 0 Å². The van der Waals surface area contributed by atoms with Gasteiger partial charge in [-0.2, -0.15) is 4.31 Å². The fraction of sp³-hybridized carbons (Fsp3) is 0.333. The molecule has 172 valence electrons. The van der Waals surface area contributed by atoms with E-state index in [0.29, 0.717) is 10.7 Å². The van der Waals surface area contributed by atoms with Gasteiger partial charge in [-0.15, -0.1) is 0 Å². The minimum absolute atomic E-state index is 0.0412. The summed E-state index contributed by atoms with van der Waals surface area (Å²) in [5, 5.41) is 5.24. The van der Waals surface area contributed by atoms with Gasteiger partial charge in [0.05, 0.1) is 29.2 Å². The molecule has 1 aromatic heterocycles. The third-order valence-electron chi connectivity index (χ3n) is 6.54. The number of benzene rings is 2. The molecule has 2 aromatic carbocycles. The lowest BCUT2D eigenvalue weighted by Crippen LogP contribution is -2.45. The maximum atomic E-state index is 13.5. The lowest BCUT2D eigenvalue weighted by molar-refractivity contribution is -0.118. The second-order valence-corrected chi connectivity index (χ2v) is 11.1. The number of ether oxygens (including phenoxy) is 1. The van der Waals surface area contributed by atoms with E-state index in [2.05, 4.69) is 10.3 Å². The second-order valence-electron chi connectivity index (χ2n) is 8.73. The van der Waals surface area contributed by atoms with E-state index in [1.165, 1.54) is 4.31 Å². The summed E-state index contributed by atoms with van der Waals surface area (Å²) in [6.45, 7) is 0.244. The fourth-order valence-corrected chi connectivity index (χ4v) is 6.58. The first-order valence-electron chi connectivity index (χ1n) is 10.8. The summed E-state index contributed by atoms with van der Waals surface area (Å²) in [5.41, 5.74) is 1.49. The number of hydrogen-bond acceptors (Lipinski definition) is 5. The number of amides is 1. The van der Waals surface area contributed by atoms with Crippen molar-refractivity contribution in [3.8, 4) is 0 Å². The molecule has 1 atom stereocenters. The van der Waals surface area contributed by atoms with Gasteiger partial charge >= 0.3 is 0 Å². The van der Waals surface area contributed by atoms with Crippen molar-refractivity contribution < 1.29 is 17.9 Å². The fourth-order valence-electron chi connectivity index (χ4n) is 4.43. The zero-order valence-corrected chi connectivity index (χ0v) is 19.7. The number of carbonyl (C=O) groups is 1. The number of rotatable bonds is 6. The number of anilines is 1. The van der Waals surface area contributed by atoms with Gasteiger partial charge in [0.15, 0.2) is 0 Å². The highest BCUT2D eigenvalue weighted by molar-refractivity contribution is 7.89. The Bertz CT molecular complexity index is 1340. The maximum absolute atomic E-state index is 13.5. The largest absolute Gasteiger partial charge is 0.377 e. The SMILES string of the molecule is COC1(CS(=O)(=O)N2Cc3ccc(Cl)cc3[C@H](C(=O)Nc3cncc4ccccc34)C2)CC1. The van der Waals surface area contributed by atoms with Crippen molar-refractivity contribution in [3.05, 3.63) is 71.0 Å². The van der Waals surface area contributed by atoms with Crippen LogP contribution in [0.1, 0.15) is 29.9 Å². The molecule has 33 heavy (non-hydrogen) atoms. The average Bonchev–Trinajstić information content (AvgIpc) is 3.57. The molecule has 0 radical (unpaired) electrons. The van der Waals surface area contributed by atoms with Crippen LogP contribution < -0.4 is 5.32 Å². The van der Waals surface area contributed by atoms with Crippen LogP contribution in [0.4, 0.5) is 5.69 Å². The number of hydrogen-bond donors (Lipinski definition) is 1. The van der Waals surface area contributed by atoms with Crippen LogP contribution in [0.2, 0.25) is 5.02 Å². The van der Waals surface area contributed by atoms with E-state index >= 15 is 0 Å². The first-order chi connectivity index (χ1) is 15.8. The molecule has 2 heterocycles. The van der Waals surface area contributed by atoms with Crippen LogP contribution in [-0.2, 0) is 26.1 Å². The zero-order chi connectivity index (χ0) is 23.2. The van der Waals surface area contributed by atoms with Gasteiger partial charge in [-0.3, -0.25) is 9.78 Å². The smallest absolute Gasteiger partial charge is 0.233 e. The molecule has 9 heteroatoms. The van der Waals surface area contributed by atoms with Crippen LogP contribution in [0.3, 0.4) is 0 Å². The van der Waals surface area contributed by atoms with E-state index in [1.54, 1.807) is 37.7 Å². The number of carbonyl (C=O) groups excluding carboxylic acids is 1. The molecular weight excluding hydrogens is 462 g/mol. The maximum Gasteiger partial charge on any atom is 0.233 e. The van der Waals surface area contributed by atoms with Crippen molar-refractivity contribution >= 4 is 44.0 Å². The molecule has 1 amide bonds. The molecule has 0 bridgehead atoms. The van der Waals surface area contributed by atoms with Crippen molar-refractivity contribution in [2.45, 2.75) is 30.9 Å². The van der Waals surface area contributed by atoms with Crippen LogP contribution in [-0.4, -0.2) is 48.6 Å². The predicted octanol–water partition coefficient (Wildman–Crippen LogP) is 3.93. The van der Waals surface area contributed by atoms with Crippen molar-refractivity contribution in [3.63, 3.8) is 0 Å². The molecular formula is C24H24ClN3O4S. The van der Waals surface area contributed by atoms with Gasteiger partial charge in [-0.1, -0.05) is 41.9 Å². The van der Waals surface area contributed by atoms with Gasteiger partial charge in [0.1, 0.15) is 0 Å². The standard InChI is InChI=1S/C24H24ClN3O4S/c1-32-24(8-9-24)15-33(30,31)28-13-17-6-7-18(25)10-20(17)21(14-28)23(29)27-22-12-26-11-16-4-2-3-5-19(16)22/h2-7,10-12,21H,8-9,13-15H2,1H3,(H,27,29)/t21-/m1/s1. The number of nitrogens with zero attached hydrogens (tertiary/aromatic N) is 2. The lowest BCUT2D eigenvalue weighted by atomic mass is 9.90. The van der Waals surface area contributed by atoms with Crippen molar-refractivity contribution in [1.29, 1.82) is 0 Å². The summed E-state index contributed by atoms with van der Waals surface area (Å²) < 4.78 is 33.4. The Morgan fingerprint density at radius 1 is 1.24 bits per heavy atom. The quantitative estimate of drug-likeness (QED) is 0.571.